The molecule has 0 aromatic heterocycles. The fourth-order valence-corrected chi connectivity index (χ4v) is 1.74. The second kappa shape index (κ2) is 5.87. The molecule has 1 nitrogen and oxygen atoms in total. The lowest BCUT2D eigenvalue weighted by molar-refractivity contribution is -0.0605. The van der Waals surface area contributed by atoms with Gasteiger partial charge in [-0.05, 0) is 39.0 Å². The van der Waals surface area contributed by atoms with Crippen LogP contribution in [0.5, 0.6) is 0 Å². The molecule has 80 valence electrons. The molecule has 0 aliphatic carbocycles. The molecule has 0 amide bonds. The molecule has 0 aliphatic heterocycles. The predicted molar refractivity (Wildman–Crippen MR) is 59.2 cm³/mol. The first-order chi connectivity index (χ1) is 5.96. The summed E-state index contributed by atoms with van der Waals surface area (Å²) >= 11 is 6.19. The maximum Gasteiger partial charge on any atom is 0.134 e. The van der Waals surface area contributed by atoms with E-state index in [1.807, 2.05) is 0 Å². The van der Waals surface area contributed by atoms with Gasteiger partial charge in [0.1, 0.15) is 5.56 Å². The van der Waals surface area contributed by atoms with Crippen LogP contribution in [0.25, 0.3) is 0 Å². The topological polar surface area (TPSA) is 9.23 Å². The molecular weight excluding hydrogens is 184 g/mol. The average Bonchev–Trinajstić information content (AvgIpc) is 2.06. The van der Waals surface area contributed by atoms with Crippen LogP contribution in [0, 0.1) is 5.92 Å². The van der Waals surface area contributed by atoms with E-state index >= 15 is 0 Å². The van der Waals surface area contributed by atoms with Gasteiger partial charge in [0.2, 0.25) is 0 Å². The van der Waals surface area contributed by atoms with Gasteiger partial charge in [-0.25, -0.2) is 0 Å². The summed E-state index contributed by atoms with van der Waals surface area (Å²) in [5, 5.41) is 0. The fourth-order valence-electron chi connectivity index (χ4n) is 1.14. The van der Waals surface area contributed by atoms with Crippen LogP contribution in [0.15, 0.2) is 0 Å². The van der Waals surface area contributed by atoms with Crippen LogP contribution < -0.4 is 0 Å². The summed E-state index contributed by atoms with van der Waals surface area (Å²) in [7, 11) is 0. The minimum absolute atomic E-state index is 0.0883. The Kier molecular flexibility index (Phi) is 5.98. The maximum absolute atomic E-state index is 6.19. The van der Waals surface area contributed by atoms with Crippen molar-refractivity contribution in [2.75, 3.05) is 0 Å². The second-order valence-electron chi connectivity index (χ2n) is 4.16. The van der Waals surface area contributed by atoms with E-state index in [1.54, 1.807) is 0 Å². The predicted octanol–water partition coefficient (Wildman–Crippen LogP) is 4.19. The summed E-state index contributed by atoms with van der Waals surface area (Å²) in [6.45, 7) is 10.6. The van der Waals surface area contributed by atoms with E-state index in [9.17, 15) is 0 Å². The highest BCUT2D eigenvalue weighted by Gasteiger charge is 2.24. The van der Waals surface area contributed by atoms with E-state index < -0.39 is 0 Å². The Morgan fingerprint density at radius 2 is 1.62 bits per heavy atom. The molecule has 1 atom stereocenters. The normalized spacial score (nSPS) is 15.0. The van der Waals surface area contributed by atoms with Gasteiger partial charge in [-0.1, -0.05) is 32.4 Å². The Bertz CT molecular complexity index is 130. The third-order valence-corrected chi connectivity index (χ3v) is 3.15. The highest BCUT2D eigenvalue weighted by atomic mass is 35.5. The molecule has 0 saturated carbocycles. The Hall–Kier alpha value is 0.250. The lowest BCUT2D eigenvalue weighted by atomic mass is 10.0. The number of hydrogen-bond acceptors (Lipinski definition) is 1. The molecule has 0 radical (unpaired) electrons. The molecule has 13 heavy (non-hydrogen) atoms. The summed E-state index contributed by atoms with van der Waals surface area (Å²) in [6, 6.07) is 0. The van der Waals surface area contributed by atoms with E-state index in [-0.39, 0.29) is 11.2 Å². The average molecular weight is 207 g/mol. The van der Waals surface area contributed by atoms with Gasteiger partial charge in [-0.15, -0.1) is 0 Å². The zero-order chi connectivity index (χ0) is 10.5. The highest BCUT2D eigenvalue weighted by molar-refractivity contribution is 6.19. The van der Waals surface area contributed by atoms with Crippen molar-refractivity contribution in [3.63, 3.8) is 0 Å². The van der Waals surface area contributed by atoms with Crippen LogP contribution in [0.2, 0.25) is 0 Å². The molecule has 0 bridgehead atoms. The van der Waals surface area contributed by atoms with E-state index in [4.69, 9.17) is 16.3 Å². The summed E-state index contributed by atoms with van der Waals surface area (Å²) < 4.78 is 5.80. The van der Waals surface area contributed by atoms with Gasteiger partial charge in [0, 0.05) is 0 Å². The van der Waals surface area contributed by atoms with Crippen LogP contribution in [-0.4, -0.2) is 11.2 Å². The van der Waals surface area contributed by atoms with Gasteiger partial charge < -0.3 is 4.74 Å². The lowest BCUT2D eigenvalue weighted by Crippen LogP contribution is -2.31. The molecule has 0 rings (SSSR count). The van der Waals surface area contributed by atoms with Gasteiger partial charge in [-0.3, -0.25) is 0 Å². The summed E-state index contributed by atoms with van der Waals surface area (Å²) in [5.41, 5.74) is -0.223. The summed E-state index contributed by atoms with van der Waals surface area (Å²) in [6.07, 6.45) is 3.17. The zero-order valence-electron chi connectivity index (χ0n) is 9.56. The largest absolute Gasteiger partial charge is 0.356 e. The van der Waals surface area contributed by atoms with E-state index in [0.717, 1.165) is 19.3 Å². The summed E-state index contributed by atoms with van der Waals surface area (Å²) in [5.74, 6) is 0.479. The second-order valence-corrected chi connectivity index (χ2v) is 4.59. The van der Waals surface area contributed by atoms with E-state index in [2.05, 4.69) is 34.6 Å². The Labute approximate surface area is 87.8 Å². The first-order valence-corrected chi connectivity index (χ1v) is 5.72. The van der Waals surface area contributed by atoms with Crippen molar-refractivity contribution in [1.82, 2.24) is 0 Å². The number of halogens is 1. The van der Waals surface area contributed by atoms with E-state index in [0.29, 0.717) is 5.92 Å². The van der Waals surface area contributed by atoms with Gasteiger partial charge in [0.05, 0.1) is 5.60 Å². The van der Waals surface area contributed by atoms with Gasteiger partial charge in [-0.2, -0.15) is 0 Å². The van der Waals surface area contributed by atoms with Crippen LogP contribution >= 0.6 is 11.6 Å². The number of alkyl halides is 1. The van der Waals surface area contributed by atoms with E-state index in [1.165, 1.54) is 0 Å². The molecule has 1 unspecified atom stereocenters. The first-order valence-electron chi connectivity index (χ1n) is 5.28. The first kappa shape index (κ1) is 13.2. The molecule has 2 heteroatoms. The quantitative estimate of drug-likeness (QED) is 0.593. The molecule has 0 N–H and O–H groups in total. The third kappa shape index (κ3) is 4.87. The number of hydrogen-bond donors (Lipinski definition) is 0. The lowest BCUT2D eigenvalue weighted by Gasteiger charge is -2.30. The third-order valence-electron chi connectivity index (χ3n) is 2.70. The smallest absolute Gasteiger partial charge is 0.134 e. The van der Waals surface area contributed by atoms with Crippen molar-refractivity contribution in [2.45, 2.75) is 65.0 Å². The highest BCUT2D eigenvalue weighted by Crippen LogP contribution is 2.26. The molecular formula is C11H23ClO. The number of ether oxygens (including phenoxy) is 1. The van der Waals surface area contributed by atoms with Crippen LogP contribution in [0.1, 0.15) is 53.9 Å². The van der Waals surface area contributed by atoms with Crippen molar-refractivity contribution in [1.29, 1.82) is 0 Å². The van der Waals surface area contributed by atoms with Crippen LogP contribution in [-0.2, 0) is 4.74 Å². The van der Waals surface area contributed by atoms with Gasteiger partial charge in [0.15, 0.2) is 0 Å². The maximum atomic E-state index is 6.19. The summed E-state index contributed by atoms with van der Waals surface area (Å²) in [4.78, 5) is 0. The minimum atomic E-state index is -0.134. The van der Waals surface area contributed by atoms with Crippen molar-refractivity contribution < 1.29 is 4.74 Å². The fraction of sp³-hybridized carbons (Fsp3) is 1.00. The Balaban J connectivity index is 4.04. The SMILES string of the molecule is CCC(CC)C(Cl)OC(C)(C)CC. The van der Waals surface area contributed by atoms with Crippen molar-refractivity contribution in [2.24, 2.45) is 5.92 Å². The standard InChI is InChI=1S/C11H23ClO/c1-6-9(7-2)10(12)13-11(4,5)8-3/h9-10H,6-8H2,1-5H3. The molecule has 0 saturated heterocycles. The van der Waals surface area contributed by atoms with Crippen LogP contribution in [0.3, 0.4) is 0 Å². The van der Waals surface area contributed by atoms with Gasteiger partial charge >= 0.3 is 0 Å². The number of rotatable bonds is 6. The zero-order valence-corrected chi connectivity index (χ0v) is 10.3. The van der Waals surface area contributed by atoms with Crippen molar-refractivity contribution in [3.05, 3.63) is 0 Å². The monoisotopic (exact) mass is 206 g/mol. The van der Waals surface area contributed by atoms with Crippen molar-refractivity contribution >= 4 is 11.6 Å². The molecule has 0 aliphatic rings. The Morgan fingerprint density at radius 3 is 1.92 bits per heavy atom. The van der Waals surface area contributed by atoms with Crippen LogP contribution in [0.4, 0.5) is 0 Å². The van der Waals surface area contributed by atoms with Crippen molar-refractivity contribution in [3.8, 4) is 0 Å². The molecule has 0 spiro atoms. The Morgan fingerprint density at radius 1 is 1.15 bits per heavy atom. The van der Waals surface area contributed by atoms with Gasteiger partial charge in [0.25, 0.3) is 0 Å². The molecule has 0 aromatic rings. The molecule has 0 heterocycles. The molecule has 0 aromatic carbocycles. The minimum Gasteiger partial charge on any atom is -0.356 e. The molecule has 0 fully saturated rings.